The molecule has 1 aromatic rings. The van der Waals surface area contributed by atoms with Crippen molar-refractivity contribution in [1.82, 2.24) is 9.80 Å². The van der Waals surface area contributed by atoms with Crippen molar-refractivity contribution in [1.29, 1.82) is 0 Å². The van der Waals surface area contributed by atoms with E-state index in [-0.39, 0.29) is 12.7 Å². The first-order chi connectivity index (χ1) is 11.6. The number of aliphatic hydroxyl groups excluding tert-OH is 1. The van der Waals surface area contributed by atoms with Gasteiger partial charge in [-0.15, -0.1) is 0 Å². The minimum absolute atomic E-state index is 0.253. The van der Waals surface area contributed by atoms with Gasteiger partial charge in [0.15, 0.2) is 0 Å². The first kappa shape index (κ1) is 18.5. The smallest absolute Gasteiger partial charge is 0.409 e. The van der Waals surface area contributed by atoms with Crippen molar-refractivity contribution in [3.8, 4) is 5.75 Å². The molecular weight excluding hydrogens is 308 g/mol. The molecule has 2 rings (SSSR count). The molecule has 1 aliphatic heterocycles. The van der Waals surface area contributed by atoms with Crippen molar-refractivity contribution < 1.29 is 19.4 Å². The molecule has 24 heavy (non-hydrogen) atoms. The Hall–Kier alpha value is -1.79. The molecule has 0 saturated carbocycles. The zero-order valence-electron chi connectivity index (χ0n) is 14.6. The molecule has 1 fully saturated rings. The quantitative estimate of drug-likeness (QED) is 0.822. The van der Waals surface area contributed by atoms with Crippen molar-refractivity contribution in [3.63, 3.8) is 0 Å². The van der Waals surface area contributed by atoms with Crippen molar-refractivity contribution in [2.24, 2.45) is 0 Å². The highest BCUT2D eigenvalue weighted by Crippen LogP contribution is 2.13. The van der Waals surface area contributed by atoms with E-state index in [1.807, 2.05) is 24.3 Å². The molecule has 1 amide bonds. The zero-order valence-corrected chi connectivity index (χ0v) is 14.6. The second-order valence-corrected chi connectivity index (χ2v) is 5.95. The third-order valence-corrected chi connectivity index (χ3v) is 4.14. The largest absolute Gasteiger partial charge is 0.491 e. The van der Waals surface area contributed by atoms with Crippen molar-refractivity contribution >= 4 is 6.09 Å². The number of aryl methyl sites for hydroxylation is 1. The summed E-state index contributed by atoms with van der Waals surface area (Å²) in [5, 5.41) is 10.2. The number of benzene rings is 1. The number of nitrogens with zero attached hydrogens (tertiary/aromatic N) is 2. The summed E-state index contributed by atoms with van der Waals surface area (Å²) in [7, 11) is 0. The normalized spacial score (nSPS) is 16.7. The second kappa shape index (κ2) is 9.49. The van der Waals surface area contributed by atoms with Crippen LogP contribution in [-0.2, 0) is 11.2 Å². The number of β-amino-alcohol motifs (C(OH)–C–C–N with tert-alkyl or cyclic N) is 1. The molecule has 0 aromatic heterocycles. The van der Waals surface area contributed by atoms with Crippen LogP contribution in [0.2, 0.25) is 0 Å². The monoisotopic (exact) mass is 336 g/mol. The highest BCUT2D eigenvalue weighted by Gasteiger charge is 2.23. The minimum atomic E-state index is -0.551. The predicted octanol–water partition coefficient (Wildman–Crippen LogP) is 1.76. The highest BCUT2D eigenvalue weighted by molar-refractivity contribution is 5.67. The number of carbonyl (C=O) groups is 1. The van der Waals surface area contributed by atoms with Gasteiger partial charge in [0.2, 0.25) is 0 Å². The van der Waals surface area contributed by atoms with Crippen LogP contribution in [0, 0.1) is 0 Å². The van der Waals surface area contributed by atoms with Crippen molar-refractivity contribution in [2.45, 2.75) is 26.4 Å². The lowest BCUT2D eigenvalue weighted by Gasteiger charge is -2.34. The van der Waals surface area contributed by atoms with Gasteiger partial charge in [-0.2, -0.15) is 0 Å². The number of hydrogen-bond acceptors (Lipinski definition) is 5. The Morgan fingerprint density at radius 1 is 1.17 bits per heavy atom. The lowest BCUT2D eigenvalue weighted by Crippen LogP contribution is -2.51. The van der Waals surface area contributed by atoms with Crippen molar-refractivity contribution in [2.75, 3.05) is 45.9 Å². The maximum Gasteiger partial charge on any atom is 0.409 e. The van der Waals surface area contributed by atoms with Crippen LogP contribution in [0.5, 0.6) is 5.75 Å². The number of ether oxygens (including phenoxy) is 2. The molecule has 0 radical (unpaired) electrons. The lowest BCUT2D eigenvalue weighted by molar-refractivity contribution is 0.0408. The van der Waals surface area contributed by atoms with E-state index in [1.54, 1.807) is 11.8 Å². The van der Waals surface area contributed by atoms with Gasteiger partial charge in [0.25, 0.3) is 0 Å². The van der Waals surface area contributed by atoms with Gasteiger partial charge in [-0.05, 0) is 31.0 Å². The maximum absolute atomic E-state index is 11.6. The van der Waals surface area contributed by atoms with Gasteiger partial charge in [-0.1, -0.05) is 19.1 Å². The first-order valence-electron chi connectivity index (χ1n) is 8.66. The van der Waals surface area contributed by atoms with Crippen LogP contribution in [-0.4, -0.2) is 73.0 Å². The fraction of sp³-hybridized carbons (Fsp3) is 0.611. The van der Waals surface area contributed by atoms with Gasteiger partial charge in [-0.3, -0.25) is 4.90 Å². The molecule has 1 aliphatic rings. The van der Waals surface area contributed by atoms with E-state index in [9.17, 15) is 9.90 Å². The third kappa shape index (κ3) is 5.69. The van der Waals surface area contributed by atoms with E-state index in [1.165, 1.54) is 5.56 Å². The molecule has 0 bridgehead atoms. The maximum atomic E-state index is 11.6. The van der Waals surface area contributed by atoms with Crippen LogP contribution in [0.1, 0.15) is 19.4 Å². The van der Waals surface area contributed by atoms with Crippen molar-refractivity contribution in [3.05, 3.63) is 29.8 Å². The standard InChI is InChI=1S/C18H28N2O4/c1-3-15-5-7-17(8-6-15)24-14-16(21)13-19-9-11-20(12-10-19)18(22)23-4-2/h5-8,16,21H,3-4,9-14H2,1-2H3/t16-/m0/s1. The Morgan fingerprint density at radius 3 is 2.42 bits per heavy atom. The number of carbonyl (C=O) groups excluding carboxylic acids is 1. The minimum Gasteiger partial charge on any atom is -0.491 e. The molecule has 0 unspecified atom stereocenters. The summed E-state index contributed by atoms with van der Waals surface area (Å²) < 4.78 is 10.6. The second-order valence-electron chi connectivity index (χ2n) is 5.95. The number of piperazine rings is 1. The molecule has 6 heteroatoms. The van der Waals surface area contributed by atoms with Crippen LogP contribution >= 0.6 is 0 Å². The Kier molecular flexibility index (Phi) is 7.34. The average molecular weight is 336 g/mol. The number of hydrogen-bond donors (Lipinski definition) is 1. The summed E-state index contributed by atoms with van der Waals surface area (Å²) in [6.45, 7) is 7.86. The van der Waals surface area contributed by atoms with Crippen LogP contribution in [0.15, 0.2) is 24.3 Å². The molecular formula is C18H28N2O4. The third-order valence-electron chi connectivity index (χ3n) is 4.14. The molecule has 134 valence electrons. The Bertz CT molecular complexity index is 498. The highest BCUT2D eigenvalue weighted by atomic mass is 16.6. The first-order valence-corrected chi connectivity index (χ1v) is 8.66. The summed E-state index contributed by atoms with van der Waals surface area (Å²) in [6, 6.07) is 7.94. The van der Waals surface area contributed by atoms with Crippen LogP contribution in [0.25, 0.3) is 0 Å². The summed E-state index contributed by atoms with van der Waals surface area (Å²) >= 11 is 0. The summed E-state index contributed by atoms with van der Waals surface area (Å²) in [5.41, 5.74) is 1.27. The van der Waals surface area contributed by atoms with Gasteiger partial charge < -0.3 is 19.5 Å². The fourth-order valence-electron chi connectivity index (χ4n) is 2.69. The van der Waals surface area contributed by atoms with E-state index in [0.717, 1.165) is 25.3 Å². The van der Waals surface area contributed by atoms with Gasteiger partial charge in [0.05, 0.1) is 6.61 Å². The van der Waals surface area contributed by atoms with Gasteiger partial charge >= 0.3 is 6.09 Å². The predicted molar refractivity (Wildman–Crippen MR) is 92.4 cm³/mol. The fourth-order valence-corrected chi connectivity index (χ4v) is 2.69. The molecule has 1 N–H and O–H groups in total. The molecule has 6 nitrogen and oxygen atoms in total. The Labute approximate surface area is 144 Å². The number of rotatable bonds is 7. The van der Waals surface area contributed by atoms with Crippen LogP contribution in [0.3, 0.4) is 0 Å². The van der Waals surface area contributed by atoms with E-state index >= 15 is 0 Å². The van der Waals surface area contributed by atoms with E-state index in [2.05, 4.69) is 11.8 Å². The number of amides is 1. The molecule has 0 spiro atoms. The zero-order chi connectivity index (χ0) is 17.4. The molecule has 0 aliphatic carbocycles. The summed E-state index contributed by atoms with van der Waals surface area (Å²) in [6.07, 6.45) is 0.197. The van der Waals surface area contributed by atoms with Gasteiger partial charge in [-0.25, -0.2) is 4.79 Å². The molecule has 1 heterocycles. The average Bonchev–Trinajstić information content (AvgIpc) is 2.61. The summed E-state index contributed by atoms with van der Waals surface area (Å²) in [5.74, 6) is 0.776. The Morgan fingerprint density at radius 2 is 1.83 bits per heavy atom. The lowest BCUT2D eigenvalue weighted by atomic mass is 10.2. The van der Waals surface area contributed by atoms with E-state index in [0.29, 0.717) is 26.2 Å². The molecule has 1 aromatic carbocycles. The number of aliphatic hydroxyl groups is 1. The van der Waals surface area contributed by atoms with E-state index < -0.39 is 6.10 Å². The summed E-state index contributed by atoms with van der Waals surface area (Å²) in [4.78, 5) is 15.5. The molecule has 1 saturated heterocycles. The molecule has 1 atom stereocenters. The van der Waals surface area contributed by atoms with E-state index in [4.69, 9.17) is 9.47 Å². The van der Waals surface area contributed by atoms with Crippen LogP contribution in [0.4, 0.5) is 4.79 Å². The Balaban J connectivity index is 1.67. The van der Waals surface area contributed by atoms with Crippen LogP contribution < -0.4 is 4.74 Å². The van der Waals surface area contributed by atoms with Gasteiger partial charge in [0, 0.05) is 32.7 Å². The van der Waals surface area contributed by atoms with Gasteiger partial charge in [0.1, 0.15) is 18.5 Å². The topological polar surface area (TPSA) is 62.2 Å². The SMILES string of the molecule is CCOC(=O)N1CCN(C[C@H](O)COc2ccc(CC)cc2)CC1.